The van der Waals surface area contributed by atoms with Crippen molar-refractivity contribution in [2.45, 2.75) is 45.1 Å². The van der Waals surface area contributed by atoms with Crippen molar-refractivity contribution in [3.63, 3.8) is 0 Å². The summed E-state index contributed by atoms with van der Waals surface area (Å²) in [6, 6.07) is -0.740. The second kappa shape index (κ2) is 10.2. The maximum absolute atomic E-state index is 12.6. The molecule has 1 aliphatic heterocycles. The number of nitrogens with one attached hydrogen (secondary N) is 3. The monoisotopic (exact) mass is 448 g/mol. The van der Waals surface area contributed by atoms with E-state index in [1.807, 2.05) is 4.72 Å². The van der Waals surface area contributed by atoms with Gasteiger partial charge in [0, 0.05) is 6.61 Å². The van der Waals surface area contributed by atoms with Gasteiger partial charge in [-0.15, -0.1) is 0 Å². The van der Waals surface area contributed by atoms with Gasteiger partial charge in [-0.2, -0.15) is 5.01 Å². The molecule has 0 aromatic carbocycles. The molecule has 1 spiro atoms. The second-order valence-electron chi connectivity index (χ2n) is 7.37. The van der Waals surface area contributed by atoms with E-state index >= 15 is 0 Å². The Balaban J connectivity index is 1.76. The summed E-state index contributed by atoms with van der Waals surface area (Å²) in [5, 5.41) is 3.25. The average molecular weight is 448 g/mol. The molecule has 30 heavy (non-hydrogen) atoms. The molecule has 13 heteroatoms. The lowest BCUT2D eigenvalue weighted by Gasteiger charge is -2.33. The number of carbonyl (C=O) groups is 4. The minimum absolute atomic E-state index is 0.0182. The van der Waals surface area contributed by atoms with Gasteiger partial charge in [-0.3, -0.25) is 19.8 Å². The van der Waals surface area contributed by atoms with E-state index in [4.69, 9.17) is 4.74 Å². The Morgan fingerprint density at radius 3 is 2.57 bits per heavy atom. The zero-order chi connectivity index (χ0) is 22.4. The number of imide groups is 1. The van der Waals surface area contributed by atoms with E-state index in [1.54, 1.807) is 6.92 Å². The SMILES string of the molecule is CCOCCS(=O)(=O)NCC(=O)OCC(=O)NN1C(=O)NC2(CCC(C)CC2)C1=O. The predicted molar refractivity (Wildman–Crippen MR) is 103 cm³/mol. The highest BCUT2D eigenvalue weighted by Gasteiger charge is 2.52. The van der Waals surface area contributed by atoms with Crippen molar-refractivity contribution in [1.29, 1.82) is 0 Å². The molecule has 1 saturated heterocycles. The molecular weight excluding hydrogens is 420 g/mol. The van der Waals surface area contributed by atoms with E-state index in [2.05, 4.69) is 22.4 Å². The number of hydrogen-bond donors (Lipinski definition) is 3. The fourth-order valence-electron chi connectivity index (χ4n) is 3.22. The number of rotatable bonds is 10. The van der Waals surface area contributed by atoms with Crippen LogP contribution >= 0.6 is 0 Å². The zero-order valence-electron chi connectivity index (χ0n) is 17.1. The molecule has 2 rings (SSSR count). The fourth-order valence-corrected chi connectivity index (χ4v) is 4.04. The van der Waals surface area contributed by atoms with Gasteiger partial charge in [-0.25, -0.2) is 17.9 Å². The molecular formula is C17H28N4O8S. The van der Waals surface area contributed by atoms with Gasteiger partial charge in [-0.1, -0.05) is 6.92 Å². The van der Waals surface area contributed by atoms with Crippen molar-refractivity contribution in [2.24, 2.45) is 5.92 Å². The van der Waals surface area contributed by atoms with Crippen LogP contribution in [0.15, 0.2) is 0 Å². The van der Waals surface area contributed by atoms with Crippen LogP contribution in [-0.2, 0) is 33.9 Å². The van der Waals surface area contributed by atoms with E-state index in [0.29, 0.717) is 30.4 Å². The molecule has 0 unspecified atom stereocenters. The van der Waals surface area contributed by atoms with Crippen LogP contribution in [0.1, 0.15) is 39.5 Å². The molecule has 170 valence electrons. The van der Waals surface area contributed by atoms with Crippen molar-refractivity contribution in [3.05, 3.63) is 0 Å². The number of ether oxygens (including phenoxy) is 2. The molecule has 1 saturated carbocycles. The van der Waals surface area contributed by atoms with Crippen molar-refractivity contribution in [3.8, 4) is 0 Å². The first-order valence-corrected chi connectivity index (χ1v) is 11.4. The molecule has 1 aliphatic carbocycles. The summed E-state index contributed by atoms with van der Waals surface area (Å²) in [5.41, 5.74) is 1.12. The Bertz CT molecular complexity index is 777. The third-order valence-electron chi connectivity index (χ3n) is 5.03. The third-order valence-corrected chi connectivity index (χ3v) is 6.32. The molecule has 0 aromatic rings. The normalized spacial score (nSPS) is 24.1. The number of sulfonamides is 1. The van der Waals surface area contributed by atoms with Crippen LogP contribution in [0.25, 0.3) is 0 Å². The topological polar surface area (TPSA) is 160 Å². The minimum atomic E-state index is -3.72. The summed E-state index contributed by atoms with van der Waals surface area (Å²) in [4.78, 5) is 48.4. The van der Waals surface area contributed by atoms with Crippen molar-refractivity contribution >= 4 is 33.8 Å². The molecule has 0 bridgehead atoms. The van der Waals surface area contributed by atoms with Crippen LogP contribution in [0.4, 0.5) is 4.79 Å². The molecule has 0 atom stereocenters. The van der Waals surface area contributed by atoms with Gasteiger partial charge in [0.2, 0.25) is 10.0 Å². The van der Waals surface area contributed by atoms with Gasteiger partial charge in [0.05, 0.1) is 12.4 Å². The first-order chi connectivity index (χ1) is 14.1. The number of urea groups is 1. The van der Waals surface area contributed by atoms with E-state index < -0.39 is 52.5 Å². The second-order valence-corrected chi connectivity index (χ2v) is 9.29. The molecule has 3 N–H and O–H groups in total. The maximum Gasteiger partial charge on any atom is 0.344 e. The molecule has 12 nitrogen and oxygen atoms in total. The summed E-state index contributed by atoms with van der Waals surface area (Å²) in [6.07, 6.45) is 2.55. The van der Waals surface area contributed by atoms with Crippen molar-refractivity contribution < 1.29 is 37.1 Å². The van der Waals surface area contributed by atoms with Crippen molar-refractivity contribution in [1.82, 2.24) is 20.5 Å². The summed E-state index contributed by atoms with van der Waals surface area (Å²) in [7, 11) is -3.72. The Hall–Kier alpha value is -2.25. The molecule has 0 radical (unpaired) electrons. The molecule has 0 aromatic heterocycles. The predicted octanol–water partition coefficient (Wildman–Crippen LogP) is -0.983. The molecule has 2 aliphatic rings. The number of carbonyl (C=O) groups excluding carboxylic acids is 4. The first-order valence-electron chi connectivity index (χ1n) is 9.75. The highest BCUT2D eigenvalue weighted by molar-refractivity contribution is 7.89. The standard InChI is InChI=1S/C17H28N4O8S/c1-3-28-8-9-30(26,27)18-10-14(23)29-11-13(22)20-21-15(24)17(19-16(21)25)6-4-12(2)5-7-17/h12,18H,3-11H2,1-2H3,(H,19,25)(H,20,22). The summed E-state index contributed by atoms with van der Waals surface area (Å²) < 4.78 is 34.9. The highest BCUT2D eigenvalue weighted by atomic mass is 32.2. The zero-order valence-corrected chi connectivity index (χ0v) is 17.9. The van der Waals surface area contributed by atoms with Gasteiger partial charge >= 0.3 is 12.0 Å². The molecule has 2 fully saturated rings. The van der Waals surface area contributed by atoms with Crippen LogP contribution in [0, 0.1) is 5.92 Å². The lowest BCUT2D eigenvalue weighted by molar-refractivity contribution is -0.149. The van der Waals surface area contributed by atoms with Gasteiger partial charge in [0.25, 0.3) is 11.8 Å². The maximum atomic E-state index is 12.6. The van der Waals surface area contributed by atoms with Gasteiger partial charge < -0.3 is 14.8 Å². The quantitative estimate of drug-likeness (QED) is 0.218. The van der Waals surface area contributed by atoms with Crippen LogP contribution in [0.5, 0.6) is 0 Å². The molecule has 4 amide bonds. The first kappa shape index (κ1) is 24.0. The van der Waals surface area contributed by atoms with Gasteiger partial charge in [0.1, 0.15) is 12.1 Å². The third kappa shape index (κ3) is 6.37. The highest BCUT2D eigenvalue weighted by Crippen LogP contribution is 2.35. The van der Waals surface area contributed by atoms with Gasteiger partial charge in [0.15, 0.2) is 6.61 Å². The van der Waals surface area contributed by atoms with Crippen LogP contribution in [-0.4, -0.2) is 74.9 Å². The molecule has 1 heterocycles. The van der Waals surface area contributed by atoms with E-state index in [-0.39, 0.29) is 12.4 Å². The number of amides is 4. The van der Waals surface area contributed by atoms with Crippen LogP contribution < -0.4 is 15.5 Å². The largest absolute Gasteiger partial charge is 0.455 e. The van der Waals surface area contributed by atoms with E-state index in [1.165, 1.54) is 0 Å². The lowest BCUT2D eigenvalue weighted by Crippen LogP contribution is -2.52. The average Bonchev–Trinajstić information content (AvgIpc) is 2.91. The lowest BCUT2D eigenvalue weighted by atomic mass is 9.77. The van der Waals surface area contributed by atoms with E-state index in [0.717, 1.165) is 12.8 Å². The minimum Gasteiger partial charge on any atom is -0.455 e. The number of hydrazine groups is 1. The van der Waals surface area contributed by atoms with Crippen LogP contribution in [0.2, 0.25) is 0 Å². The Morgan fingerprint density at radius 1 is 1.27 bits per heavy atom. The Morgan fingerprint density at radius 2 is 1.93 bits per heavy atom. The Labute approximate surface area is 175 Å². The summed E-state index contributed by atoms with van der Waals surface area (Å²) in [5.74, 6) is -2.28. The Kier molecular flexibility index (Phi) is 8.15. The van der Waals surface area contributed by atoms with E-state index in [9.17, 15) is 27.6 Å². The van der Waals surface area contributed by atoms with Gasteiger partial charge in [-0.05, 0) is 38.5 Å². The summed E-state index contributed by atoms with van der Waals surface area (Å²) in [6.45, 7) is 2.70. The fraction of sp³-hybridized carbons (Fsp3) is 0.765. The number of hydrogen-bond acceptors (Lipinski definition) is 8. The number of esters is 1. The smallest absolute Gasteiger partial charge is 0.344 e. The van der Waals surface area contributed by atoms with Crippen molar-refractivity contribution in [2.75, 3.05) is 32.1 Å². The number of nitrogens with zero attached hydrogens (tertiary/aromatic N) is 1. The summed E-state index contributed by atoms with van der Waals surface area (Å²) >= 11 is 0. The van der Waals surface area contributed by atoms with Crippen LogP contribution in [0.3, 0.4) is 0 Å².